The zero-order valence-corrected chi connectivity index (χ0v) is 18.1. The number of nitrogens with one attached hydrogen (secondary N) is 1. The van der Waals surface area contributed by atoms with E-state index in [1.807, 2.05) is 66.1 Å². The quantitative estimate of drug-likeness (QED) is 0.377. The van der Waals surface area contributed by atoms with Crippen molar-refractivity contribution in [3.63, 3.8) is 0 Å². The molecule has 0 unspecified atom stereocenters. The van der Waals surface area contributed by atoms with Crippen molar-refractivity contribution in [3.8, 4) is 17.1 Å². The van der Waals surface area contributed by atoms with Crippen LogP contribution in [0.2, 0.25) is 5.02 Å². The van der Waals surface area contributed by atoms with Crippen molar-refractivity contribution in [2.45, 2.75) is 12.1 Å². The van der Waals surface area contributed by atoms with Crippen LogP contribution in [0.25, 0.3) is 17.1 Å². The van der Waals surface area contributed by atoms with Gasteiger partial charge in [-0.15, -0.1) is 10.2 Å². The zero-order chi connectivity index (χ0) is 21.8. The molecule has 4 aromatic rings. The highest BCUT2D eigenvalue weighted by atomic mass is 35.5. The summed E-state index contributed by atoms with van der Waals surface area (Å²) in [5.41, 5.74) is 3.38. The number of anilines is 1. The number of hydrogen-bond donors (Lipinski definition) is 1. The van der Waals surface area contributed by atoms with Gasteiger partial charge in [-0.05, 0) is 42.8 Å². The second-order valence-electron chi connectivity index (χ2n) is 6.81. The van der Waals surface area contributed by atoms with Crippen LogP contribution in [0.3, 0.4) is 0 Å². The second kappa shape index (κ2) is 9.32. The van der Waals surface area contributed by atoms with E-state index in [2.05, 4.69) is 15.5 Å². The summed E-state index contributed by atoms with van der Waals surface area (Å²) in [5.74, 6) is 0.00850. The highest BCUT2D eigenvalue weighted by Crippen LogP contribution is 2.28. The molecule has 0 saturated heterocycles. The second-order valence-corrected chi connectivity index (χ2v) is 8.16. The summed E-state index contributed by atoms with van der Waals surface area (Å²) in [5, 5.41) is 12.0. The molecule has 0 spiro atoms. The molecule has 0 fully saturated rings. The van der Waals surface area contributed by atoms with Gasteiger partial charge in [0.15, 0.2) is 11.0 Å². The van der Waals surface area contributed by atoms with Gasteiger partial charge in [0.25, 0.3) is 0 Å². The molecular weight excluding hydrogens is 435 g/mol. The lowest BCUT2D eigenvalue weighted by molar-refractivity contribution is -0.113. The summed E-state index contributed by atoms with van der Waals surface area (Å²) in [6.07, 6.45) is 0. The van der Waals surface area contributed by atoms with Gasteiger partial charge < -0.3 is 5.32 Å². The molecule has 3 aromatic carbocycles. The predicted octanol–water partition coefficient (Wildman–Crippen LogP) is 5.77. The number of thioether (sulfide) groups is 1. The van der Waals surface area contributed by atoms with Crippen molar-refractivity contribution in [2.24, 2.45) is 0 Å². The first-order valence-electron chi connectivity index (χ1n) is 9.47. The minimum Gasteiger partial charge on any atom is -0.325 e. The summed E-state index contributed by atoms with van der Waals surface area (Å²) in [6.45, 7) is 2.02. The van der Waals surface area contributed by atoms with Crippen LogP contribution in [0, 0.1) is 12.7 Å². The van der Waals surface area contributed by atoms with Gasteiger partial charge in [-0.2, -0.15) is 0 Å². The SMILES string of the molecule is Cc1cccc(-n2c(SCC(=O)Nc3ccc(F)c(Cl)c3)nnc2-c2ccccc2)c1. The number of carbonyl (C=O) groups excluding carboxylic acids is 1. The monoisotopic (exact) mass is 452 g/mol. The minimum absolute atomic E-state index is 0.0443. The van der Waals surface area contributed by atoms with Crippen LogP contribution in [0.15, 0.2) is 78.0 Å². The molecule has 0 aliphatic rings. The van der Waals surface area contributed by atoms with Gasteiger partial charge in [-0.25, -0.2) is 4.39 Å². The van der Waals surface area contributed by atoms with Gasteiger partial charge in [0.05, 0.1) is 10.8 Å². The van der Waals surface area contributed by atoms with E-state index in [0.29, 0.717) is 16.7 Å². The average Bonchev–Trinajstić information content (AvgIpc) is 3.19. The standard InChI is InChI=1S/C23H18ClFN4OS/c1-15-6-5-9-18(12-15)29-22(16-7-3-2-4-8-16)27-28-23(29)31-14-21(30)26-17-10-11-20(25)19(24)13-17/h2-13H,14H2,1H3,(H,26,30). The van der Waals surface area contributed by atoms with Crippen LogP contribution < -0.4 is 5.32 Å². The number of aromatic nitrogens is 3. The van der Waals surface area contributed by atoms with Crippen molar-refractivity contribution in [2.75, 3.05) is 11.1 Å². The number of carbonyl (C=O) groups is 1. The molecule has 31 heavy (non-hydrogen) atoms. The van der Waals surface area contributed by atoms with Crippen LogP contribution >= 0.6 is 23.4 Å². The fourth-order valence-corrected chi connectivity index (χ4v) is 3.97. The lowest BCUT2D eigenvalue weighted by Crippen LogP contribution is -2.14. The molecule has 156 valence electrons. The first-order valence-corrected chi connectivity index (χ1v) is 10.8. The lowest BCUT2D eigenvalue weighted by Gasteiger charge is -2.11. The number of nitrogens with zero attached hydrogens (tertiary/aromatic N) is 3. The molecule has 0 aliphatic heterocycles. The third-order valence-electron chi connectivity index (χ3n) is 4.46. The largest absolute Gasteiger partial charge is 0.325 e. The molecule has 4 rings (SSSR count). The van der Waals surface area contributed by atoms with Gasteiger partial charge in [0, 0.05) is 16.9 Å². The van der Waals surface area contributed by atoms with Gasteiger partial charge in [-0.3, -0.25) is 9.36 Å². The van der Waals surface area contributed by atoms with Crippen LogP contribution in [0.1, 0.15) is 5.56 Å². The summed E-state index contributed by atoms with van der Waals surface area (Å²) in [7, 11) is 0. The Morgan fingerprint density at radius 1 is 1.06 bits per heavy atom. The number of amides is 1. The number of hydrogen-bond acceptors (Lipinski definition) is 4. The molecule has 1 heterocycles. The lowest BCUT2D eigenvalue weighted by atomic mass is 10.2. The molecule has 0 atom stereocenters. The van der Waals surface area contributed by atoms with Gasteiger partial charge in [0.2, 0.25) is 5.91 Å². The summed E-state index contributed by atoms with van der Waals surface area (Å²) >= 11 is 7.05. The molecule has 5 nitrogen and oxygen atoms in total. The van der Waals surface area contributed by atoms with Crippen molar-refractivity contribution in [3.05, 3.63) is 89.2 Å². The molecule has 8 heteroatoms. The third-order valence-corrected chi connectivity index (χ3v) is 5.68. The maximum atomic E-state index is 13.3. The zero-order valence-electron chi connectivity index (χ0n) is 16.5. The first-order chi connectivity index (χ1) is 15.0. The van der Waals surface area contributed by atoms with Crippen LogP contribution in [-0.4, -0.2) is 26.4 Å². The highest BCUT2D eigenvalue weighted by Gasteiger charge is 2.17. The molecule has 1 amide bonds. The average molecular weight is 453 g/mol. The third kappa shape index (κ3) is 4.95. The molecule has 0 saturated carbocycles. The van der Waals surface area contributed by atoms with E-state index in [1.54, 1.807) is 0 Å². The fraction of sp³-hybridized carbons (Fsp3) is 0.0870. The van der Waals surface area contributed by atoms with Crippen LogP contribution in [0.4, 0.5) is 10.1 Å². The van der Waals surface area contributed by atoms with E-state index in [1.165, 1.54) is 30.0 Å². The molecule has 0 aliphatic carbocycles. The Balaban J connectivity index is 1.58. The maximum Gasteiger partial charge on any atom is 0.234 e. The van der Waals surface area contributed by atoms with E-state index in [0.717, 1.165) is 16.8 Å². The van der Waals surface area contributed by atoms with Gasteiger partial charge in [-0.1, -0.05) is 65.8 Å². The molecule has 1 aromatic heterocycles. The topological polar surface area (TPSA) is 59.8 Å². The van der Waals surface area contributed by atoms with Crippen molar-refractivity contribution >= 4 is 35.0 Å². The molecule has 0 radical (unpaired) electrons. The minimum atomic E-state index is -0.534. The molecular formula is C23H18ClFN4OS. The number of halogens is 2. The summed E-state index contributed by atoms with van der Waals surface area (Å²) < 4.78 is 15.3. The molecule has 0 bridgehead atoms. The Kier molecular flexibility index (Phi) is 6.34. The number of rotatable bonds is 6. The van der Waals surface area contributed by atoms with Crippen molar-refractivity contribution < 1.29 is 9.18 Å². The summed E-state index contributed by atoms with van der Waals surface area (Å²) in [6, 6.07) is 21.8. The van der Waals surface area contributed by atoms with E-state index < -0.39 is 5.82 Å². The van der Waals surface area contributed by atoms with E-state index in [9.17, 15) is 9.18 Å². The van der Waals surface area contributed by atoms with E-state index in [-0.39, 0.29) is 16.7 Å². The Bertz CT molecular complexity index is 1230. The van der Waals surface area contributed by atoms with Gasteiger partial charge in [0.1, 0.15) is 5.82 Å². The Morgan fingerprint density at radius 3 is 2.61 bits per heavy atom. The molecule has 1 N–H and O–H groups in total. The van der Waals surface area contributed by atoms with Gasteiger partial charge >= 0.3 is 0 Å². The highest BCUT2D eigenvalue weighted by molar-refractivity contribution is 7.99. The van der Waals surface area contributed by atoms with E-state index >= 15 is 0 Å². The number of aryl methyl sites for hydroxylation is 1. The van der Waals surface area contributed by atoms with Crippen molar-refractivity contribution in [1.82, 2.24) is 14.8 Å². The van der Waals surface area contributed by atoms with E-state index in [4.69, 9.17) is 11.6 Å². The maximum absolute atomic E-state index is 13.3. The van der Waals surface area contributed by atoms with Crippen LogP contribution in [0.5, 0.6) is 0 Å². The Hall–Kier alpha value is -3.16. The number of benzene rings is 3. The fourth-order valence-electron chi connectivity index (χ4n) is 3.04. The Morgan fingerprint density at radius 2 is 1.87 bits per heavy atom. The predicted molar refractivity (Wildman–Crippen MR) is 122 cm³/mol. The normalized spacial score (nSPS) is 10.8. The Labute approximate surface area is 188 Å². The van der Waals surface area contributed by atoms with Crippen molar-refractivity contribution in [1.29, 1.82) is 0 Å². The first kappa shape index (κ1) is 21.1. The van der Waals surface area contributed by atoms with Crippen LogP contribution in [-0.2, 0) is 4.79 Å². The summed E-state index contributed by atoms with van der Waals surface area (Å²) in [4.78, 5) is 12.4. The smallest absolute Gasteiger partial charge is 0.234 e.